The van der Waals surface area contributed by atoms with Crippen molar-refractivity contribution in [3.8, 4) is 17.2 Å². The summed E-state index contributed by atoms with van der Waals surface area (Å²) in [4.78, 5) is 0. The van der Waals surface area contributed by atoms with Crippen LogP contribution >= 0.6 is 0 Å². The molecule has 0 aliphatic heterocycles. The zero-order valence-corrected chi connectivity index (χ0v) is 15.5. The Morgan fingerprint density at radius 3 is 1.58 bits per heavy atom. The van der Waals surface area contributed by atoms with Crippen LogP contribution in [0, 0.1) is 27.7 Å². The van der Waals surface area contributed by atoms with Gasteiger partial charge in [0.05, 0.1) is 0 Å². The third-order valence-corrected chi connectivity index (χ3v) is 5.43. The smallest absolute Gasteiger partial charge is 0.118 e. The van der Waals surface area contributed by atoms with Crippen molar-refractivity contribution in [2.24, 2.45) is 0 Å². The maximum atomic E-state index is 10.1. The second-order valence-corrected chi connectivity index (χ2v) is 6.88. The van der Waals surface area contributed by atoms with E-state index in [9.17, 15) is 15.3 Å². The predicted molar refractivity (Wildman–Crippen MR) is 104 cm³/mol. The van der Waals surface area contributed by atoms with E-state index in [1.807, 2.05) is 52.0 Å². The van der Waals surface area contributed by atoms with Crippen molar-refractivity contribution in [2.45, 2.75) is 33.6 Å². The highest BCUT2D eigenvalue weighted by atomic mass is 16.3. The lowest BCUT2D eigenvalue weighted by atomic mass is 9.79. The second kappa shape index (κ2) is 6.75. The van der Waals surface area contributed by atoms with Crippen LogP contribution < -0.4 is 0 Å². The predicted octanol–water partition coefficient (Wildman–Crippen LogP) is 5.22. The van der Waals surface area contributed by atoms with Gasteiger partial charge in [-0.05, 0) is 90.9 Å². The summed E-state index contributed by atoms with van der Waals surface area (Å²) in [5.74, 6) is 0.661. The number of benzene rings is 3. The fraction of sp³-hybridized carbons (Fsp3) is 0.217. The van der Waals surface area contributed by atoms with E-state index in [0.717, 1.165) is 38.9 Å². The molecule has 3 aromatic rings. The van der Waals surface area contributed by atoms with Crippen LogP contribution in [-0.4, -0.2) is 15.3 Å². The van der Waals surface area contributed by atoms with E-state index in [1.165, 1.54) is 0 Å². The summed E-state index contributed by atoms with van der Waals surface area (Å²) in [6.07, 6.45) is 0. The largest absolute Gasteiger partial charge is 0.508 e. The quantitative estimate of drug-likeness (QED) is 0.569. The first-order valence-electron chi connectivity index (χ1n) is 8.68. The Bertz CT molecular complexity index is 916. The van der Waals surface area contributed by atoms with E-state index < -0.39 is 0 Å². The molecule has 0 saturated carbocycles. The Morgan fingerprint density at radius 1 is 0.615 bits per heavy atom. The Labute approximate surface area is 154 Å². The van der Waals surface area contributed by atoms with Crippen molar-refractivity contribution in [3.05, 3.63) is 87.5 Å². The molecule has 3 nitrogen and oxygen atoms in total. The maximum absolute atomic E-state index is 10.1. The molecule has 0 aliphatic carbocycles. The van der Waals surface area contributed by atoms with Gasteiger partial charge in [-0.1, -0.05) is 24.3 Å². The topological polar surface area (TPSA) is 60.7 Å². The first-order chi connectivity index (χ1) is 12.3. The SMILES string of the molecule is Cc1c(O)ccc(C(c2cccc(O)c2)c2ccc(O)c(C)c2C)c1C. The molecule has 134 valence electrons. The summed E-state index contributed by atoms with van der Waals surface area (Å²) in [5.41, 5.74) is 6.83. The summed E-state index contributed by atoms with van der Waals surface area (Å²) >= 11 is 0. The summed E-state index contributed by atoms with van der Waals surface area (Å²) in [6, 6.07) is 14.6. The minimum absolute atomic E-state index is 0.110. The van der Waals surface area contributed by atoms with Gasteiger partial charge in [-0.2, -0.15) is 0 Å². The molecule has 26 heavy (non-hydrogen) atoms. The zero-order chi connectivity index (χ0) is 19.0. The fourth-order valence-corrected chi connectivity index (χ4v) is 3.51. The van der Waals surface area contributed by atoms with Gasteiger partial charge in [0.2, 0.25) is 0 Å². The molecule has 3 rings (SSSR count). The van der Waals surface area contributed by atoms with Crippen molar-refractivity contribution in [3.63, 3.8) is 0 Å². The Hall–Kier alpha value is -2.94. The van der Waals surface area contributed by atoms with Crippen LogP contribution in [0.2, 0.25) is 0 Å². The Kier molecular flexibility index (Phi) is 4.64. The molecule has 0 saturated heterocycles. The Morgan fingerprint density at radius 2 is 1.12 bits per heavy atom. The number of hydrogen-bond donors (Lipinski definition) is 3. The lowest BCUT2D eigenvalue weighted by Crippen LogP contribution is -2.09. The normalized spacial score (nSPS) is 11.1. The van der Waals surface area contributed by atoms with Gasteiger partial charge < -0.3 is 15.3 Å². The van der Waals surface area contributed by atoms with Crippen LogP contribution in [-0.2, 0) is 0 Å². The van der Waals surface area contributed by atoms with E-state index >= 15 is 0 Å². The van der Waals surface area contributed by atoms with Gasteiger partial charge in [0.1, 0.15) is 17.2 Å². The van der Waals surface area contributed by atoms with Crippen molar-refractivity contribution in [2.75, 3.05) is 0 Å². The maximum Gasteiger partial charge on any atom is 0.118 e. The minimum Gasteiger partial charge on any atom is -0.508 e. The molecule has 0 atom stereocenters. The number of aromatic hydroxyl groups is 3. The van der Waals surface area contributed by atoms with Crippen molar-refractivity contribution in [1.29, 1.82) is 0 Å². The van der Waals surface area contributed by atoms with Gasteiger partial charge in [0.25, 0.3) is 0 Å². The highest BCUT2D eigenvalue weighted by molar-refractivity contribution is 5.56. The van der Waals surface area contributed by atoms with E-state index in [-0.39, 0.29) is 23.2 Å². The average Bonchev–Trinajstić information content (AvgIpc) is 2.61. The number of rotatable bonds is 3. The summed E-state index contributed by atoms with van der Waals surface area (Å²) in [6.45, 7) is 7.82. The van der Waals surface area contributed by atoms with Crippen LogP contribution in [0.1, 0.15) is 44.9 Å². The second-order valence-electron chi connectivity index (χ2n) is 6.88. The van der Waals surface area contributed by atoms with E-state index in [2.05, 4.69) is 0 Å². The third-order valence-electron chi connectivity index (χ3n) is 5.43. The van der Waals surface area contributed by atoms with Gasteiger partial charge in [0, 0.05) is 5.92 Å². The number of phenolic OH excluding ortho intramolecular Hbond substituents is 3. The van der Waals surface area contributed by atoms with Crippen LogP contribution in [0.15, 0.2) is 48.5 Å². The summed E-state index contributed by atoms with van der Waals surface area (Å²) < 4.78 is 0. The molecule has 3 aromatic carbocycles. The fourth-order valence-electron chi connectivity index (χ4n) is 3.51. The minimum atomic E-state index is -0.110. The first-order valence-corrected chi connectivity index (χ1v) is 8.68. The van der Waals surface area contributed by atoms with Gasteiger partial charge in [-0.3, -0.25) is 0 Å². The molecule has 0 spiro atoms. The van der Waals surface area contributed by atoms with Gasteiger partial charge in [-0.15, -0.1) is 0 Å². The van der Waals surface area contributed by atoms with Crippen molar-refractivity contribution < 1.29 is 15.3 Å². The lowest BCUT2D eigenvalue weighted by molar-refractivity contribution is 0.469. The van der Waals surface area contributed by atoms with Crippen LogP contribution in [0.3, 0.4) is 0 Å². The monoisotopic (exact) mass is 348 g/mol. The van der Waals surface area contributed by atoms with Crippen LogP contribution in [0.5, 0.6) is 17.2 Å². The van der Waals surface area contributed by atoms with Gasteiger partial charge in [0.15, 0.2) is 0 Å². The molecule has 0 heterocycles. The molecule has 0 bridgehead atoms. The Balaban J connectivity index is 2.32. The standard InChI is InChI=1S/C23H24O3/c1-13-15(3)21(25)10-8-19(13)23(17-6-5-7-18(24)12-17)20-9-11-22(26)16(4)14(20)2/h5-12,23-26H,1-4H3. The lowest BCUT2D eigenvalue weighted by Gasteiger charge is -2.25. The van der Waals surface area contributed by atoms with Crippen molar-refractivity contribution in [1.82, 2.24) is 0 Å². The molecule has 0 aromatic heterocycles. The molecule has 0 amide bonds. The highest BCUT2D eigenvalue weighted by Crippen LogP contribution is 2.40. The molecule has 0 aliphatic rings. The molecule has 0 fully saturated rings. The summed E-state index contributed by atoms with van der Waals surface area (Å²) in [5, 5.41) is 30.1. The average molecular weight is 348 g/mol. The van der Waals surface area contributed by atoms with Crippen LogP contribution in [0.4, 0.5) is 0 Å². The van der Waals surface area contributed by atoms with E-state index in [0.29, 0.717) is 0 Å². The molecular formula is C23H24O3. The molecule has 0 radical (unpaired) electrons. The number of hydrogen-bond acceptors (Lipinski definition) is 3. The highest BCUT2D eigenvalue weighted by Gasteiger charge is 2.23. The van der Waals surface area contributed by atoms with E-state index in [4.69, 9.17) is 0 Å². The number of phenols is 3. The molecule has 3 heteroatoms. The van der Waals surface area contributed by atoms with Crippen molar-refractivity contribution >= 4 is 0 Å². The third kappa shape index (κ3) is 3.01. The van der Waals surface area contributed by atoms with Crippen LogP contribution in [0.25, 0.3) is 0 Å². The first kappa shape index (κ1) is 17.9. The van der Waals surface area contributed by atoms with E-state index in [1.54, 1.807) is 24.3 Å². The van der Waals surface area contributed by atoms with Gasteiger partial charge in [-0.25, -0.2) is 0 Å². The zero-order valence-electron chi connectivity index (χ0n) is 15.5. The molecule has 0 unspecified atom stereocenters. The molecular weight excluding hydrogens is 324 g/mol. The summed E-state index contributed by atoms with van der Waals surface area (Å²) in [7, 11) is 0. The van der Waals surface area contributed by atoms with Gasteiger partial charge >= 0.3 is 0 Å². The molecule has 3 N–H and O–H groups in total.